The number of aromatic amines is 1. The van der Waals surface area contributed by atoms with E-state index < -0.39 is 16.4 Å². The normalized spacial score (nSPS) is 11.6. The fourth-order valence-electron chi connectivity index (χ4n) is 2.82. The first-order valence-electron chi connectivity index (χ1n) is 9.13. The van der Waals surface area contributed by atoms with Crippen LogP contribution in [0.15, 0.2) is 77.7 Å². The van der Waals surface area contributed by atoms with Crippen molar-refractivity contribution in [3.05, 3.63) is 84.2 Å². The molecule has 0 radical (unpaired) electrons. The van der Waals surface area contributed by atoms with Crippen molar-refractivity contribution in [1.82, 2.24) is 9.97 Å². The van der Waals surface area contributed by atoms with Gasteiger partial charge in [-0.1, -0.05) is 24.1 Å². The Kier molecular flexibility index (Phi) is 5.50. The van der Waals surface area contributed by atoms with Crippen LogP contribution in [0.5, 0.6) is 5.75 Å². The molecule has 2 N–H and O–H groups in total. The molecule has 0 aliphatic rings. The molecule has 0 aliphatic heterocycles. The second-order valence-corrected chi connectivity index (χ2v) is 8.24. The lowest BCUT2D eigenvalue weighted by molar-refractivity contribution is -0.274. The molecule has 1 heterocycles. The van der Waals surface area contributed by atoms with E-state index in [2.05, 4.69) is 31.3 Å². The number of nitrogens with zero attached hydrogens (tertiary/aromatic N) is 1. The molecule has 32 heavy (non-hydrogen) atoms. The van der Waals surface area contributed by atoms with Crippen LogP contribution in [0.2, 0.25) is 0 Å². The first-order valence-corrected chi connectivity index (χ1v) is 10.6. The second kappa shape index (κ2) is 8.28. The summed E-state index contributed by atoms with van der Waals surface area (Å²) < 4.78 is 67.9. The van der Waals surface area contributed by atoms with Crippen LogP contribution in [0.3, 0.4) is 0 Å². The van der Waals surface area contributed by atoms with Crippen LogP contribution in [0.4, 0.5) is 18.9 Å². The van der Waals surface area contributed by atoms with Gasteiger partial charge in [0.1, 0.15) is 5.75 Å². The predicted molar refractivity (Wildman–Crippen MR) is 112 cm³/mol. The van der Waals surface area contributed by atoms with Crippen LogP contribution in [0.25, 0.3) is 11.0 Å². The van der Waals surface area contributed by atoms with E-state index in [0.717, 1.165) is 0 Å². The molecule has 0 unspecified atom stereocenters. The largest absolute Gasteiger partial charge is 0.573 e. The van der Waals surface area contributed by atoms with Gasteiger partial charge >= 0.3 is 6.36 Å². The number of H-pyrrole nitrogens is 1. The first-order chi connectivity index (χ1) is 15.2. The number of alkyl halides is 3. The number of rotatable bonds is 4. The van der Waals surface area contributed by atoms with E-state index in [9.17, 15) is 21.6 Å². The van der Waals surface area contributed by atoms with Gasteiger partial charge in [0.2, 0.25) is 0 Å². The molecule has 10 heteroatoms. The number of sulfonamides is 1. The highest BCUT2D eigenvalue weighted by molar-refractivity contribution is 7.92. The summed E-state index contributed by atoms with van der Waals surface area (Å²) in [5.41, 5.74) is 1.96. The molecule has 162 valence electrons. The number of benzene rings is 3. The van der Waals surface area contributed by atoms with Crippen LogP contribution in [-0.4, -0.2) is 24.7 Å². The van der Waals surface area contributed by atoms with E-state index in [4.69, 9.17) is 0 Å². The molecule has 3 aromatic carbocycles. The van der Waals surface area contributed by atoms with Crippen molar-refractivity contribution >= 4 is 26.7 Å². The number of halogens is 3. The molecule has 6 nitrogen and oxygen atoms in total. The van der Waals surface area contributed by atoms with Crippen LogP contribution in [0.1, 0.15) is 11.4 Å². The monoisotopic (exact) mass is 457 g/mol. The lowest BCUT2D eigenvalue weighted by Gasteiger charge is -2.07. The van der Waals surface area contributed by atoms with Gasteiger partial charge in [0.05, 0.1) is 21.6 Å². The van der Waals surface area contributed by atoms with Crippen molar-refractivity contribution in [2.24, 2.45) is 0 Å². The highest BCUT2D eigenvalue weighted by atomic mass is 32.2. The molecule has 0 saturated heterocycles. The van der Waals surface area contributed by atoms with Gasteiger partial charge in [-0.2, -0.15) is 0 Å². The summed E-state index contributed by atoms with van der Waals surface area (Å²) in [6.07, 6.45) is -4.75. The van der Waals surface area contributed by atoms with E-state index in [1.165, 1.54) is 36.4 Å². The minimum Gasteiger partial charge on any atom is -0.406 e. The molecule has 1 aromatic heterocycles. The molecule has 0 amide bonds. The third-order valence-corrected chi connectivity index (χ3v) is 5.60. The van der Waals surface area contributed by atoms with Crippen molar-refractivity contribution in [1.29, 1.82) is 0 Å². The summed E-state index contributed by atoms with van der Waals surface area (Å²) in [6.45, 7) is 0. The lowest BCUT2D eigenvalue weighted by atomic mass is 10.2. The van der Waals surface area contributed by atoms with Gasteiger partial charge in [0.15, 0.2) is 5.82 Å². The van der Waals surface area contributed by atoms with Gasteiger partial charge in [-0.15, -0.1) is 13.2 Å². The quantitative estimate of drug-likeness (QED) is 0.437. The number of hydrogen-bond donors (Lipinski definition) is 2. The smallest absolute Gasteiger partial charge is 0.406 e. The topological polar surface area (TPSA) is 84.1 Å². The van der Waals surface area contributed by atoms with Crippen LogP contribution in [-0.2, 0) is 10.0 Å². The first kappa shape index (κ1) is 21.3. The summed E-state index contributed by atoms with van der Waals surface area (Å²) in [5, 5.41) is 0. The number of ether oxygens (including phenoxy) is 1. The number of aromatic nitrogens is 2. The highest BCUT2D eigenvalue weighted by Gasteiger charge is 2.30. The number of hydrogen-bond acceptors (Lipinski definition) is 4. The molecule has 0 bridgehead atoms. The minimum absolute atomic E-state index is 0.142. The summed E-state index contributed by atoms with van der Waals surface area (Å²) in [4.78, 5) is 7.43. The predicted octanol–water partition coefficient (Wildman–Crippen LogP) is 4.66. The Labute approximate surface area is 181 Å². The maximum absolute atomic E-state index is 12.5. The number of anilines is 1. The standard InChI is InChI=1S/C22H14F3N3O3S/c23-22(24,25)31-17-10-6-15(7-11-17)8-13-21-26-19-12-9-16(14-20(19)27-21)28-32(29,30)18-4-2-1-3-5-18/h1-7,9-12,14,28H,(H,26,27). The Morgan fingerprint density at radius 2 is 1.66 bits per heavy atom. The van der Waals surface area contributed by atoms with E-state index in [0.29, 0.717) is 28.1 Å². The molecule has 0 spiro atoms. The zero-order valence-corrected chi connectivity index (χ0v) is 17.0. The molecule has 0 atom stereocenters. The Bertz CT molecular complexity index is 1420. The van der Waals surface area contributed by atoms with E-state index in [1.54, 1.807) is 36.4 Å². The lowest BCUT2D eigenvalue weighted by Crippen LogP contribution is -2.16. The number of nitrogens with one attached hydrogen (secondary N) is 2. The van der Waals surface area contributed by atoms with Gasteiger partial charge < -0.3 is 9.72 Å². The Morgan fingerprint density at radius 1 is 0.938 bits per heavy atom. The van der Waals surface area contributed by atoms with Gasteiger partial charge in [0.25, 0.3) is 10.0 Å². The zero-order valence-electron chi connectivity index (χ0n) is 16.1. The molecule has 0 fully saturated rings. The van der Waals surface area contributed by atoms with E-state index in [-0.39, 0.29) is 10.6 Å². The van der Waals surface area contributed by atoms with Crippen LogP contribution >= 0.6 is 0 Å². The van der Waals surface area contributed by atoms with Crippen molar-refractivity contribution in [3.8, 4) is 17.6 Å². The maximum Gasteiger partial charge on any atom is 0.573 e. The van der Waals surface area contributed by atoms with Crippen molar-refractivity contribution in [3.63, 3.8) is 0 Å². The van der Waals surface area contributed by atoms with E-state index in [1.807, 2.05) is 0 Å². The third kappa shape index (κ3) is 5.19. The van der Waals surface area contributed by atoms with Crippen molar-refractivity contribution in [2.45, 2.75) is 11.3 Å². The summed E-state index contributed by atoms with van der Waals surface area (Å²) >= 11 is 0. The second-order valence-electron chi connectivity index (χ2n) is 6.56. The van der Waals surface area contributed by atoms with Crippen LogP contribution in [0, 0.1) is 11.8 Å². The fourth-order valence-corrected chi connectivity index (χ4v) is 3.89. The third-order valence-electron chi connectivity index (χ3n) is 4.20. The Morgan fingerprint density at radius 3 is 2.34 bits per heavy atom. The zero-order chi connectivity index (χ0) is 22.8. The Hall–Kier alpha value is -3.97. The summed E-state index contributed by atoms with van der Waals surface area (Å²) in [6, 6.07) is 17.9. The summed E-state index contributed by atoms with van der Waals surface area (Å²) in [7, 11) is -3.73. The maximum atomic E-state index is 12.5. The molecule has 0 aliphatic carbocycles. The van der Waals surface area contributed by atoms with Gasteiger partial charge in [-0.3, -0.25) is 4.72 Å². The molecule has 4 aromatic rings. The number of fused-ring (bicyclic) bond motifs is 1. The Balaban J connectivity index is 1.52. The number of imidazole rings is 1. The minimum atomic E-state index is -4.75. The molecular weight excluding hydrogens is 443 g/mol. The van der Waals surface area contributed by atoms with Crippen molar-refractivity contribution in [2.75, 3.05) is 4.72 Å². The SMILES string of the molecule is O=S(=O)(Nc1ccc2nc(C#Cc3ccc(OC(F)(F)F)cc3)[nH]c2c1)c1ccccc1. The summed E-state index contributed by atoms with van der Waals surface area (Å²) in [5.74, 6) is 5.57. The van der Waals surface area contributed by atoms with Gasteiger partial charge in [-0.25, -0.2) is 13.4 Å². The molecule has 4 rings (SSSR count). The average Bonchev–Trinajstić information content (AvgIpc) is 3.15. The average molecular weight is 457 g/mol. The fraction of sp³-hybridized carbons (Fsp3) is 0.0455. The van der Waals surface area contributed by atoms with Crippen LogP contribution < -0.4 is 9.46 Å². The van der Waals surface area contributed by atoms with Gasteiger partial charge in [-0.05, 0) is 60.5 Å². The highest BCUT2D eigenvalue weighted by Crippen LogP contribution is 2.23. The molecular formula is C22H14F3N3O3S. The molecule has 0 saturated carbocycles. The van der Waals surface area contributed by atoms with Gasteiger partial charge in [0, 0.05) is 5.56 Å². The van der Waals surface area contributed by atoms with Crippen molar-refractivity contribution < 1.29 is 26.3 Å². The van der Waals surface area contributed by atoms with E-state index >= 15 is 0 Å².